The van der Waals surface area contributed by atoms with Crippen LogP contribution in [0.5, 0.6) is 0 Å². The van der Waals surface area contributed by atoms with Crippen molar-refractivity contribution in [2.75, 3.05) is 6.54 Å². The zero-order valence-electron chi connectivity index (χ0n) is 8.06. The summed E-state index contributed by atoms with van der Waals surface area (Å²) in [6.07, 6.45) is 1.78. The molecule has 82 valence electrons. The van der Waals surface area contributed by atoms with Crippen molar-refractivity contribution in [3.05, 3.63) is 0 Å². The number of carboxylic acid groups (broad SMARTS) is 2. The Morgan fingerprint density at radius 2 is 2.00 bits per heavy atom. The zero-order valence-corrected chi connectivity index (χ0v) is 8.06. The maximum atomic E-state index is 10.1. The highest BCUT2D eigenvalue weighted by Gasteiger charge is 2.20. The van der Waals surface area contributed by atoms with Crippen LogP contribution in [0.25, 0.3) is 0 Å². The van der Waals surface area contributed by atoms with E-state index in [-0.39, 0.29) is 6.04 Å². The number of hydrogen-bond donors (Lipinski definition) is 4. The van der Waals surface area contributed by atoms with Crippen LogP contribution in [0.15, 0.2) is 0 Å². The normalized spacial score (nSPS) is 22.0. The number of carboxylic acids is 2. The van der Waals surface area contributed by atoms with Crippen molar-refractivity contribution in [2.45, 2.75) is 31.8 Å². The Morgan fingerprint density at radius 3 is 2.14 bits per heavy atom. The maximum absolute atomic E-state index is 10.1. The van der Waals surface area contributed by atoms with Gasteiger partial charge in [-0.05, 0) is 26.3 Å². The van der Waals surface area contributed by atoms with Gasteiger partial charge in [-0.3, -0.25) is 9.59 Å². The predicted octanol–water partition coefficient (Wildman–Crippen LogP) is -0.759. The highest BCUT2D eigenvalue weighted by molar-refractivity contribution is 5.73. The maximum Gasteiger partial charge on any atom is 0.320 e. The summed E-state index contributed by atoms with van der Waals surface area (Å²) >= 11 is 0. The Hall–Kier alpha value is -1.14. The van der Waals surface area contributed by atoms with Crippen molar-refractivity contribution in [3.8, 4) is 0 Å². The molecule has 1 aliphatic rings. The number of rotatable bonds is 2. The number of nitrogens with two attached hydrogens (primary N) is 1. The minimum atomic E-state index is -0.963. The highest BCUT2D eigenvalue weighted by atomic mass is 16.4. The van der Waals surface area contributed by atoms with Gasteiger partial charge in [-0.25, -0.2) is 0 Å². The molecule has 2 atom stereocenters. The zero-order chi connectivity index (χ0) is 11.1. The van der Waals surface area contributed by atoms with Crippen LogP contribution < -0.4 is 11.1 Å². The molecule has 6 heteroatoms. The van der Waals surface area contributed by atoms with Gasteiger partial charge in [0.2, 0.25) is 0 Å². The summed E-state index contributed by atoms with van der Waals surface area (Å²) in [5, 5.41) is 19.1. The molecule has 0 bridgehead atoms. The topological polar surface area (TPSA) is 113 Å². The van der Waals surface area contributed by atoms with Crippen molar-refractivity contribution in [2.24, 2.45) is 5.73 Å². The molecular formula is C8H16N2O4. The minimum Gasteiger partial charge on any atom is -0.480 e. The smallest absolute Gasteiger partial charge is 0.320 e. The second-order valence-electron chi connectivity index (χ2n) is 3.11. The Balaban J connectivity index is 0.000000255. The first-order chi connectivity index (χ1) is 6.45. The fourth-order valence-corrected chi connectivity index (χ4v) is 0.895. The van der Waals surface area contributed by atoms with Crippen molar-refractivity contribution in [3.63, 3.8) is 0 Å². The lowest BCUT2D eigenvalue weighted by atomic mass is 10.2. The van der Waals surface area contributed by atoms with Gasteiger partial charge < -0.3 is 21.3 Å². The Kier molecular flexibility index (Phi) is 5.82. The third-order valence-corrected chi connectivity index (χ3v) is 1.75. The molecule has 0 aromatic heterocycles. The Labute approximate surface area is 82.1 Å². The second kappa shape index (κ2) is 6.33. The van der Waals surface area contributed by atoms with E-state index in [0.717, 1.165) is 19.4 Å². The van der Waals surface area contributed by atoms with E-state index < -0.39 is 18.0 Å². The summed E-state index contributed by atoms with van der Waals surface area (Å²) in [7, 11) is 0. The van der Waals surface area contributed by atoms with Crippen molar-refractivity contribution >= 4 is 11.9 Å². The molecule has 1 heterocycles. The molecule has 0 aromatic rings. The SMILES string of the molecule is CC(N)C(=O)O.O=C(O)[C@H]1CCCN1. The third kappa shape index (κ3) is 5.50. The molecule has 1 rings (SSSR count). The summed E-state index contributed by atoms with van der Waals surface area (Å²) in [6.45, 7) is 2.28. The van der Waals surface area contributed by atoms with Gasteiger partial charge in [-0.15, -0.1) is 0 Å². The number of carbonyl (C=O) groups is 2. The number of hydrogen-bond acceptors (Lipinski definition) is 4. The average Bonchev–Trinajstić information content (AvgIpc) is 2.56. The minimum absolute atomic E-state index is 0.269. The van der Waals surface area contributed by atoms with E-state index in [1.54, 1.807) is 0 Å². The molecule has 1 unspecified atom stereocenters. The first-order valence-corrected chi connectivity index (χ1v) is 4.39. The van der Waals surface area contributed by atoms with Crippen LogP contribution in [-0.2, 0) is 9.59 Å². The van der Waals surface area contributed by atoms with E-state index in [1.807, 2.05) is 0 Å². The molecule has 1 saturated heterocycles. The molecule has 0 aromatic carbocycles. The monoisotopic (exact) mass is 204 g/mol. The van der Waals surface area contributed by atoms with Gasteiger partial charge in [0, 0.05) is 0 Å². The summed E-state index contributed by atoms with van der Waals surface area (Å²) in [4.78, 5) is 19.7. The van der Waals surface area contributed by atoms with E-state index in [0.29, 0.717) is 0 Å². The second-order valence-corrected chi connectivity index (χ2v) is 3.11. The molecular weight excluding hydrogens is 188 g/mol. The summed E-state index contributed by atoms with van der Waals surface area (Å²) in [5.74, 6) is -1.68. The number of nitrogens with one attached hydrogen (secondary N) is 1. The van der Waals surface area contributed by atoms with Gasteiger partial charge in [0.1, 0.15) is 12.1 Å². The molecule has 0 radical (unpaired) electrons. The predicted molar refractivity (Wildman–Crippen MR) is 49.9 cm³/mol. The largest absolute Gasteiger partial charge is 0.480 e. The summed E-state index contributed by atoms with van der Waals surface area (Å²) < 4.78 is 0. The molecule has 1 fully saturated rings. The van der Waals surface area contributed by atoms with Gasteiger partial charge in [-0.2, -0.15) is 0 Å². The Bertz CT molecular complexity index is 200. The summed E-state index contributed by atoms with van der Waals surface area (Å²) in [6, 6.07) is -1.00. The standard InChI is InChI=1S/C5H9NO2.C3H7NO2/c7-5(8)4-2-1-3-6-4;1-2(4)3(5)6/h4,6H,1-3H2,(H,7,8);2H,4H2,1H3,(H,5,6)/t4-;/m1./s1. The molecule has 1 aliphatic heterocycles. The quantitative estimate of drug-likeness (QED) is 0.470. The molecule has 0 aliphatic carbocycles. The van der Waals surface area contributed by atoms with E-state index in [1.165, 1.54) is 6.92 Å². The lowest BCUT2D eigenvalue weighted by Gasteiger charge is -1.99. The van der Waals surface area contributed by atoms with Gasteiger partial charge in [0.05, 0.1) is 0 Å². The lowest BCUT2D eigenvalue weighted by Crippen LogP contribution is -2.29. The van der Waals surface area contributed by atoms with E-state index in [2.05, 4.69) is 5.32 Å². The van der Waals surface area contributed by atoms with Crippen molar-refractivity contribution in [1.82, 2.24) is 5.32 Å². The highest BCUT2D eigenvalue weighted by Crippen LogP contribution is 2.03. The van der Waals surface area contributed by atoms with E-state index in [4.69, 9.17) is 15.9 Å². The van der Waals surface area contributed by atoms with Crippen LogP contribution in [-0.4, -0.2) is 40.8 Å². The van der Waals surface area contributed by atoms with Crippen LogP contribution in [0.1, 0.15) is 19.8 Å². The first-order valence-electron chi connectivity index (χ1n) is 4.39. The van der Waals surface area contributed by atoms with Gasteiger partial charge in [0.25, 0.3) is 0 Å². The van der Waals surface area contributed by atoms with Crippen LogP contribution in [0.2, 0.25) is 0 Å². The third-order valence-electron chi connectivity index (χ3n) is 1.75. The van der Waals surface area contributed by atoms with Crippen LogP contribution in [0.3, 0.4) is 0 Å². The van der Waals surface area contributed by atoms with Crippen LogP contribution in [0.4, 0.5) is 0 Å². The summed E-state index contributed by atoms with van der Waals surface area (Å²) in [5.41, 5.74) is 4.84. The molecule has 14 heavy (non-hydrogen) atoms. The van der Waals surface area contributed by atoms with E-state index in [9.17, 15) is 9.59 Å². The molecule has 0 spiro atoms. The van der Waals surface area contributed by atoms with Crippen molar-refractivity contribution < 1.29 is 19.8 Å². The fraction of sp³-hybridized carbons (Fsp3) is 0.750. The number of aliphatic carboxylic acids is 2. The van der Waals surface area contributed by atoms with E-state index >= 15 is 0 Å². The molecule has 0 amide bonds. The lowest BCUT2D eigenvalue weighted by molar-refractivity contribution is -0.139. The van der Waals surface area contributed by atoms with Gasteiger partial charge in [0.15, 0.2) is 0 Å². The van der Waals surface area contributed by atoms with Crippen LogP contribution in [0, 0.1) is 0 Å². The van der Waals surface area contributed by atoms with Gasteiger partial charge in [-0.1, -0.05) is 0 Å². The van der Waals surface area contributed by atoms with Crippen LogP contribution >= 0.6 is 0 Å². The molecule has 0 saturated carbocycles. The first kappa shape index (κ1) is 12.9. The molecule has 6 nitrogen and oxygen atoms in total. The fourth-order valence-electron chi connectivity index (χ4n) is 0.895. The van der Waals surface area contributed by atoms with Gasteiger partial charge >= 0.3 is 11.9 Å². The molecule has 5 N–H and O–H groups in total. The Morgan fingerprint density at radius 1 is 1.50 bits per heavy atom. The van der Waals surface area contributed by atoms with Crippen molar-refractivity contribution in [1.29, 1.82) is 0 Å². The average molecular weight is 204 g/mol.